The topological polar surface area (TPSA) is 93.4 Å². The quantitative estimate of drug-likeness (QED) is 0.838. The van der Waals surface area contributed by atoms with Crippen LogP contribution in [0.4, 0.5) is 10.1 Å². The lowest BCUT2D eigenvalue weighted by Crippen LogP contribution is -2.56. The molecule has 2 N–H and O–H groups in total. The fourth-order valence-corrected chi connectivity index (χ4v) is 2.18. The molecule has 1 aliphatic heterocycles. The summed E-state index contributed by atoms with van der Waals surface area (Å²) >= 11 is 0. The number of rotatable bonds is 3. The zero-order valence-electron chi connectivity index (χ0n) is 10.5. The van der Waals surface area contributed by atoms with Gasteiger partial charge >= 0.3 is 5.97 Å². The molecule has 0 aliphatic carbocycles. The highest BCUT2D eigenvalue weighted by Crippen LogP contribution is 2.24. The lowest BCUT2D eigenvalue weighted by atomic mass is 10.1. The van der Waals surface area contributed by atoms with Crippen molar-refractivity contribution in [1.82, 2.24) is 5.32 Å². The molecule has 1 aromatic carbocycles. The van der Waals surface area contributed by atoms with Gasteiger partial charge in [0, 0.05) is 13.1 Å². The first-order valence-corrected chi connectivity index (χ1v) is 5.98. The largest absolute Gasteiger partial charge is 0.481 e. The molecule has 1 heterocycles. The summed E-state index contributed by atoms with van der Waals surface area (Å²) in [6.07, 6.45) is -0.411. The molecule has 20 heavy (non-hydrogen) atoms. The standard InChI is InChI=1S/C13H12FN3O3/c14-9-5-8(7-15)1-2-10(9)17-4-3-16-13(20)11(17)6-12(18)19/h1-2,5,11H,3-4,6H2,(H,16,20)(H,18,19). The van der Waals surface area contributed by atoms with Crippen molar-refractivity contribution in [3.63, 3.8) is 0 Å². The Morgan fingerprint density at radius 2 is 2.35 bits per heavy atom. The summed E-state index contributed by atoms with van der Waals surface area (Å²) in [5.74, 6) is -2.22. The van der Waals surface area contributed by atoms with Crippen molar-refractivity contribution in [2.24, 2.45) is 0 Å². The summed E-state index contributed by atoms with van der Waals surface area (Å²) in [6, 6.07) is 4.76. The van der Waals surface area contributed by atoms with E-state index in [2.05, 4.69) is 5.32 Å². The number of nitrogens with zero attached hydrogens (tertiary/aromatic N) is 2. The molecular formula is C13H12FN3O3. The minimum absolute atomic E-state index is 0.130. The van der Waals surface area contributed by atoms with Gasteiger partial charge in [0.1, 0.15) is 11.9 Å². The molecule has 104 valence electrons. The zero-order valence-corrected chi connectivity index (χ0v) is 10.5. The third-order valence-corrected chi connectivity index (χ3v) is 3.08. The predicted octanol–water partition coefficient (Wildman–Crippen LogP) is 0.477. The van der Waals surface area contributed by atoms with Crippen LogP contribution < -0.4 is 10.2 Å². The van der Waals surface area contributed by atoms with Crippen molar-refractivity contribution in [1.29, 1.82) is 5.26 Å². The van der Waals surface area contributed by atoms with Crippen molar-refractivity contribution in [2.75, 3.05) is 18.0 Å². The SMILES string of the molecule is N#Cc1ccc(N2CCNC(=O)C2CC(=O)O)c(F)c1. The van der Waals surface area contributed by atoms with Crippen LogP contribution in [0.5, 0.6) is 0 Å². The zero-order chi connectivity index (χ0) is 14.7. The molecule has 7 heteroatoms. The van der Waals surface area contributed by atoms with E-state index in [1.54, 1.807) is 0 Å². The summed E-state index contributed by atoms with van der Waals surface area (Å²) in [5, 5.41) is 20.1. The Balaban J connectivity index is 2.35. The van der Waals surface area contributed by atoms with E-state index in [1.165, 1.54) is 17.0 Å². The highest BCUT2D eigenvalue weighted by atomic mass is 19.1. The lowest BCUT2D eigenvalue weighted by Gasteiger charge is -2.36. The van der Waals surface area contributed by atoms with Crippen LogP contribution in [0, 0.1) is 17.1 Å². The number of aliphatic carboxylic acids is 1. The van der Waals surface area contributed by atoms with Gasteiger partial charge in [-0.05, 0) is 18.2 Å². The van der Waals surface area contributed by atoms with Gasteiger partial charge < -0.3 is 15.3 Å². The number of piperazine rings is 1. The maximum absolute atomic E-state index is 14.0. The fraction of sp³-hybridized carbons (Fsp3) is 0.308. The van der Waals surface area contributed by atoms with Crippen molar-refractivity contribution in [3.8, 4) is 6.07 Å². The molecule has 0 radical (unpaired) electrons. The fourth-order valence-electron chi connectivity index (χ4n) is 2.18. The summed E-state index contributed by atoms with van der Waals surface area (Å²) in [4.78, 5) is 24.0. The van der Waals surface area contributed by atoms with Crippen molar-refractivity contribution >= 4 is 17.6 Å². The molecule has 0 bridgehead atoms. The van der Waals surface area contributed by atoms with Crippen LogP contribution in [0.15, 0.2) is 18.2 Å². The number of benzene rings is 1. The first kappa shape index (κ1) is 13.8. The first-order valence-electron chi connectivity index (χ1n) is 5.98. The second-order valence-corrected chi connectivity index (χ2v) is 4.38. The molecule has 1 amide bonds. The van der Waals surface area contributed by atoms with Crippen LogP contribution in [0.25, 0.3) is 0 Å². The number of amides is 1. The molecular weight excluding hydrogens is 265 g/mol. The van der Waals surface area contributed by atoms with Crippen LogP contribution in [0.1, 0.15) is 12.0 Å². The van der Waals surface area contributed by atoms with Gasteiger partial charge in [-0.2, -0.15) is 5.26 Å². The molecule has 0 spiro atoms. The van der Waals surface area contributed by atoms with E-state index < -0.39 is 30.2 Å². The Kier molecular flexibility index (Phi) is 3.84. The number of carboxylic acids is 1. The summed E-state index contributed by atoms with van der Waals surface area (Å²) in [7, 11) is 0. The van der Waals surface area contributed by atoms with Crippen LogP contribution >= 0.6 is 0 Å². The molecule has 1 saturated heterocycles. The molecule has 1 aliphatic rings. The lowest BCUT2D eigenvalue weighted by molar-refractivity contribution is -0.139. The highest BCUT2D eigenvalue weighted by molar-refractivity contribution is 5.90. The number of carboxylic acid groups (broad SMARTS) is 1. The number of nitriles is 1. The van der Waals surface area contributed by atoms with Crippen molar-refractivity contribution < 1.29 is 19.1 Å². The molecule has 0 aromatic heterocycles. The number of anilines is 1. The van der Waals surface area contributed by atoms with Gasteiger partial charge in [0.15, 0.2) is 0 Å². The molecule has 1 atom stereocenters. The second kappa shape index (κ2) is 5.57. The summed E-state index contributed by atoms with van der Waals surface area (Å²) in [6.45, 7) is 0.626. The summed E-state index contributed by atoms with van der Waals surface area (Å²) in [5.41, 5.74) is 0.299. The normalized spacial score (nSPS) is 18.3. The molecule has 1 aromatic rings. The van der Waals surface area contributed by atoms with Gasteiger partial charge in [-0.15, -0.1) is 0 Å². The van der Waals surface area contributed by atoms with Crippen LogP contribution in [-0.4, -0.2) is 36.1 Å². The van der Waals surface area contributed by atoms with Crippen molar-refractivity contribution in [3.05, 3.63) is 29.6 Å². The van der Waals surface area contributed by atoms with E-state index in [0.29, 0.717) is 13.1 Å². The van der Waals surface area contributed by atoms with E-state index in [0.717, 1.165) is 6.07 Å². The van der Waals surface area contributed by atoms with Gasteiger partial charge in [-0.1, -0.05) is 0 Å². The van der Waals surface area contributed by atoms with E-state index >= 15 is 0 Å². The third-order valence-electron chi connectivity index (χ3n) is 3.08. The van der Waals surface area contributed by atoms with Gasteiger partial charge in [0.05, 0.1) is 23.7 Å². The van der Waals surface area contributed by atoms with Crippen LogP contribution in [-0.2, 0) is 9.59 Å². The minimum atomic E-state index is -1.13. The maximum Gasteiger partial charge on any atom is 0.305 e. The second-order valence-electron chi connectivity index (χ2n) is 4.38. The molecule has 1 fully saturated rings. The van der Waals surface area contributed by atoms with Gasteiger partial charge in [-0.3, -0.25) is 9.59 Å². The maximum atomic E-state index is 14.0. The van der Waals surface area contributed by atoms with E-state index in [1.807, 2.05) is 6.07 Å². The van der Waals surface area contributed by atoms with E-state index in [9.17, 15) is 14.0 Å². The van der Waals surface area contributed by atoms with E-state index in [-0.39, 0.29) is 11.3 Å². The Hall–Kier alpha value is -2.62. The monoisotopic (exact) mass is 277 g/mol. The summed E-state index contributed by atoms with van der Waals surface area (Å²) < 4.78 is 14.0. The average molecular weight is 277 g/mol. The average Bonchev–Trinajstić information content (AvgIpc) is 2.41. The Morgan fingerprint density at radius 1 is 1.60 bits per heavy atom. The number of hydrogen-bond donors (Lipinski definition) is 2. The van der Waals surface area contributed by atoms with Crippen molar-refractivity contribution in [2.45, 2.75) is 12.5 Å². The molecule has 6 nitrogen and oxygen atoms in total. The number of halogens is 1. The van der Waals surface area contributed by atoms with Gasteiger partial charge in [0.2, 0.25) is 5.91 Å². The highest BCUT2D eigenvalue weighted by Gasteiger charge is 2.33. The smallest absolute Gasteiger partial charge is 0.305 e. The first-order chi connectivity index (χ1) is 9.52. The van der Waals surface area contributed by atoms with Crippen LogP contribution in [0.3, 0.4) is 0 Å². The van der Waals surface area contributed by atoms with Gasteiger partial charge in [-0.25, -0.2) is 4.39 Å². The Bertz CT molecular complexity index is 597. The van der Waals surface area contributed by atoms with E-state index in [4.69, 9.17) is 10.4 Å². The number of nitrogens with one attached hydrogen (secondary N) is 1. The Morgan fingerprint density at radius 3 is 2.95 bits per heavy atom. The minimum Gasteiger partial charge on any atom is -0.481 e. The number of carbonyl (C=O) groups excluding carboxylic acids is 1. The van der Waals surface area contributed by atoms with Crippen LogP contribution in [0.2, 0.25) is 0 Å². The third kappa shape index (κ3) is 2.69. The number of carbonyl (C=O) groups is 2. The molecule has 1 unspecified atom stereocenters. The predicted molar refractivity (Wildman–Crippen MR) is 67.5 cm³/mol. The molecule has 2 rings (SSSR count). The number of hydrogen-bond acceptors (Lipinski definition) is 4. The van der Waals surface area contributed by atoms with Gasteiger partial charge in [0.25, 0.3) is 0 Å². The molecule has 0 saturated carbocycles. The Labute approximate surface area is 114 Å².